The Kier molecular flexibility index (Phi) is 5.41. The highest BCUT2D eigenvalue weighted by molar-refractivity contribution is 5.96. The molecule has 6 nitrogen and oxygen atoms in total. The van der Waals surface area contributed by atoms with E-state index in [2.05, 4.69) is 22.5 Å². The van der Waals surface area contributed by atoms with Gasteiger partial charge in [-0.15, -0.1) is 0 Å². The number of nitrogens with one attached hydrogen (secondary N) is 2. The van der Waals surface area contributed by atoms with Crippen LogP contribution in [0.3, 0.4) is 0 Å². The van der Waals surface area contributed by atoms with Crippen molar-refractivity contribution in [3.63, 3.8) is 0 Å². The number of carbonyl (C=O) groups excluding carboxylic acids is 1. The maximum absolute atomic E-state index is 11.7. The molecule has 1 aromatic carbocycles. The quantitative estimate of drug-likeness (QED) is 0.698. The molecular weight excluding hydrogens is 268 g/mol. The van der Waals surface area contributed by atoms with Gasteiger partial charge in [-0.2, -0.15) is 0 Å². The van der Waals surface area contributed by atoms with Gasteiger partial charge in [0.25, 0.3) is 5.91 Å². The summed E-state index contributed by atoms with van der Waals surface area (Å²) in [6, 6.07) is 5.52. The highest BCUT2D eigenvalue weighted by Gasteiger charge is 2.15. The number of anilines is 2. The van der Waals surface area contributed by atoms with Gasteiger partial charge in [-0.1, -0.05) is 0 Å². The zero-order chi connectivity index (χ0) is 15.2. The maximum atomic E-state index is 11.7. The van der Waals surface area contributed by atoms with E-state index in [-0.39, 0.29) is 11.9 Å². The van der Waals surface area contributed by atoms with Crippen molar-refractivity contribution in [1.82, 2.24) is 10.2 Å². The van der Waals surface area contributed by atoms with E-state index in [1.807, 2.05) is 0 Å². The van der Waals surface area contributed by atoms with Gasteiger partial charge in [0.15, 0.2) is 0 Å². The first kappa shape index (κ1) is 15.6. The number of ether oxygens (including phenoxy) is 1. The van der Waals surface area contributed by atoms with Crippen LogP contribution in [0.2, 0.25) is 0 Å². The highest BCUT2D eigenvalue weighted by Crippen LogP contribution is 2.21. The summed E-state index contributed by atoms with van der Waals surface area (Å²) in [6.45, 7) is 6.54. The normalized spacial score (nSPS) is 17.2. The van der Waals surface area contributed by atoms with Crippen LogP contribution in [0.4, 0.5) is 11.4 Å². The molecule has 0 radical (unpaired) electrons. The molecule has 6 heteroatoms. The van der Waals surface area contributed by atoms with Crippen molar-refractivity contribution in [2.45, 2.75) is 13.0 Å². The number of morpholine rings is 1. The lowest BCUT2D eigenvalue weighted by Crippen LogP contribution is -2.42. The second-order valence-electron chi connectivity index (χ2n) is 5.34. The van der Waals surface area contributed by atoms with Crippen molar-refractivity contribution >= 4 is 17.3 Å². The number of nitrogen functional groups attached to an aromatic ring is 1. The van der Waals surface area contributed by atoms with Gasteiger partial charge >= 0.3 is 0 Å². The van der Waals surface area contributed by atoms with E-state index in [9.17, 15) is 4.79 Å². The Bertz CT molecular complexity index is 487. The molecule has 0 saturated carbocycles. The predicted molar refractivity (Wildman–Crippen MR) is 84.6 cm³/mol. The fraction of sp³-hybridized carbons (Fsp3) is 0.533. The van der Waals surface area contributed by atoms with Crippen LogP contribution in [0.5, 0.6) is 0 Å². The molecule has 1 aliphatic heterocycles. The Labute approximate surface area is 125 Å². The monoisotopic (exact) mass is 292 g/mol. The summed E-state index contributed by atoms with van der Waals surface area (Å²) < 4.78 is 5.35. The van der Waals surface area contributed by atoms with E-state index in [0.717, 1.165) is 38.5 Å². The molecule has 1 aliphatic rings. The number of nitrogens with zero attached hydrogens (tertiary/aromatic N) is 1. The summed E-state index contributed by atoms with van der Waals surface area (Å²) in [5.41, 5.74) is 8.04. The SMILES string of the molecule is CNC(=O)c1ccc(N)c(NC(C)CN2CCOCC2)c1. The van der Waals surface area contributed by atoms with Crippen LogP contribution in [0.1, 0.15) is 17.3 Å². The molecule has 4 N–H and O–H groups in total. The molecule has 1 unspecified atom stereocenters. The fourth-order valence-corrected chi connectivity index (χ4v) is 2.45. The second-order valence-corrected chi connectivity index (χ2v) is 5.34. The number of hydrogen-bond donors (Lipinski definition) is 3. The average molecular weight is 292 g/mol. The molecule has 2 rings (SSSR count). The van der Waals surface area contributed by atoms with E-state index in [1.165, 1.54) is 0 Å². The van der Waals surface area contributed by atoms with E-state index >= 15 is 0 Å². The van der Waals surface area contributed by atoms with Gasteiger partial charge in [0.05, 0.1) is 24.6 Å². The van der Waals surface area contributed by atoms with E-state index < -0.39 is 0 Å². The predicted octanol–water partition coefficient (Wildman–Crippen LogP) is 0.761. The average Bonchev–Trinajstić information content (AvgIpc) is 2.49. The molecule has 0 spiro atoms. The summed E-state index contributed by atoms with van der Waals surface area (Å²) in [6.07, 6.45) is 0. The summed E-state index contributed by atoms with van der Waals surface area (Å²) in [4.78, 5) is 14.0. The summed E-state index contributed by atoms with van der Waals surface area (Å²) >= 11 is 0. The van der Waals surface area contributed by atoms with Crippen molar-refractivity contribution in [2.24, 2.45) is 0 Å². The van der Waals surface area contributed by atoms with Crippen molar-refractivity contribution in [3.05, 3.63) is 23.8 Å². The van der Waals surface area contributed by atoms with E-state index in [0.29, 0.717) is 11.3 Å². The molecule has 1 amide bonds. The fourth-order valence-electron chi connectivity index (χ4n) is 2.45. The Morgan fingerprint density at radius 3 is 2.81 bits per heavy atom. The molecule has 1 aromatic rings. The number of rotatable bonds is 5. The van der Waals surface area contributed by atoms with Crippen molar-refractivity contribution in [3.8, 4) is 0 Å². The first-order chi connectivity index (χ1) is 10.1. The molecule has 0 aliphatic carbocycles. The molecule has 21 heavy (non-hydrogen) atoms. The van der Waals surface area contributed by atoms with Gasteiger partial charge in [-0.25, -0.2) is 0 Å². The molecule has 1 saturated heterocycles. The standard InChI is InChI=1S/C15H24N4O2/c1-11(10-19-5-7-21-8-6-19)18-14-9-12(15(20)17-2)3-4-13(14)16/h3-4,9,11,18H,5-8,10,16H2,1-2H3,(H,17,20). The third-order valence-corrected chi connectivity index (χ3v) is 3.58. The Balaban J connectivity index is 1.98. The first-order valence-corrected chi connectivity index (χ1v) is 7.28. The minimum absolute atomic E-state index is 0.112. The molecule has 0 aromatic heterocycles. The summed E-state index contributed by atoms with van der Waals surface area (Å²) in [5, 5.41) is 6.01. The van der Waals surface area contributed by atoms with Gasteiger partial charge in [-0.05, 0) is 25.1 Å². The Hall–Kier alpha value is -1.79. The third kappa shape index (κ3) is 4.34. The maximum Gasteiger partial charge on any atom is 0.251 e. The van der Waals surface area contributed by atoms with Gasteiger partial charge in [-0.3, -0.25) is 9.69 Å². The molecule has 1 heterocycles. The van der Waals surface area contributed by atoms with Crippen LogP contribution < -0.4 is 16.4 Å². The molecule has 116 valence electrons. The number of hydrogen-bond acceptors (Lipinski definition) is 5. The third-order valence-electron chi connectivity index (χ3n) is 3.58. The zero-order valence-corrected chi connectivity index (χ0v) is 12.7. The molecule has 1 atom stereocenters. The van der Waals surface area contributed by atoms with Crippen LogP contribution in [-0.4, -0.2) is 56.7 Å². The van der Waals surface area contributed by atoms with Crippen LogP contribution >= 0.6 is 0 Å². The van der Waals surface area contributed by atoms with Crippen LogP contribution in [0, 0.1) is 0 Å². The number of nitrogens with two attached hydrogens (primary N) is 1. The smallest absolute Gasteiger partial charge is 0.251 e. The number of carbonyl (C=O) groups is 1. The van der Waals surface area contributed by atoms with Gasteiger partial charge < -0.3 is 21.1 Å². The van der Waals surface area contributed by atoms with Crippen LogP contribution in [0.15, 0.2) is 18.2 Å². The first-order valence-electron chi connectivity index (χ1n) is 7.28. The second kappa shape index (κ2) is 7.28. The largest absolute Gasteiger partial charge is 0.397 e. The zero-order valence-electron chi connectivity index (χ0n) is 12.7. The molecular formula is C15H24N4O2. The number of amides is 1. The topological polar surface area (TPSA) is 79.6 Å². The summed E-state index contributed by atoms with van der Waals surface area (Å²) in [5.74, 6) is -0.112. The lowest BCUT2D eigenvalue weighted by molar-refractivity contribution is 0.0368. The lowest BCUT2D eigenvalue weighted by atomic mass is 10.1. The number of benzene rings is 1. The van der Waals surface area contributed by atoms with Crippen molar-refractivity contribution in [1.29, 1.82) is 0 Å². The molecule has 0 bridgehead atoms. The van der Waals surface area contributed by atoms with Crippen LogP contribution in [0.25, 0.3) is 0 Å². The Morgan fingerprint density at radius 1 is 1.43 bits per heavy atom. The molecule has 1 fully saturated rings. The van der Waals surface area contributed by atoms with Crippen LogP contribution in [-0.2, 0) is 4.74 Å². The Morgan fingerprint density at radius 2 is 2.14 bits per heavy atom. The van der Waals surface area contributed by atoms with Gasteiger partial charge in [0.1, 0.15) is 0 Å². The van der Waals surface area contributed by atoms with Crippen molar-refractivity contribution < 1.29 is 9.53 Å². The van der Waals surface area contributed by atoms with E-state index in [4.69, 9.17) is 10.5 Å². The van der Waals surface area contributed by atoms with Gasteiger partial charge in [0, 0.05) is 38.3 Å². The van der Waals surface area contributed by atoms with Gasteiger partial charge in [0.2, 0.25) is 0 Å². The minimum atomic E-state index is -0.112. The minimum Gasteiger partial charge on any atom is -0.397 e. The van der Waals surface area contributed by atoms with Crippen molar-refractivity contribution in [2.75, 3.05) is 50.9 Å². The lowest BCUT2D eigenvalue weighted by Gasteiger charge is -2.30. The van der Waals surface area contributed by atoms with E-state index in [1.54, 1.807) is 25.2 Å². The summed E-state index contributed by atoms with van der Waals surface area (Å²) in [7, 11) is 1.62. The highest BCUT2D eigenvalue weighted by atomic mass is 16.5.